The van der Waals surface area contributed by atoms with Gasteiger partial charge in [-0.3, -0.25) is 0 Å². The summed E-state index contributed by atoms with van der Waals surface area (Å²) >= 11 is 0. The van der Waals surface area contributed by atoms with Gasteiger partial charge in [0.1, 0.15) is 18.1 Å². The molecule has 1 aliphatic heterocycles. The van der Waals surface area contributed by atoms with Crippen LogP contribution in [0.15, 0.2) is 48.5 Å². The molecule has 3 fully saturated rings. The highest BCUT2D eigenvalue weighted by Crippen LogP contribution is 2.50. The maximum Gasteiger partial charge on any atom is 0.121 e. The van der Waals surface area contributed by atoms with Gasteiger partial charge < -0.3 is 19.7 Å². The number of pyridine rings is 1. The average molecular weight is 444 g/mol. The van der Waals surface area contributed by atoms with Gasteiger partial charge >= 0.3 is 0 Å². The van der Waals surface area contributed by atoms with Crippen molar-refractivity contribution in [1.82, 2.24) is 10.3 Å². The van der Waals surface area contributed by atoms with Crippen LogP contribution in [0, 0.1) is 5.41 Å². The molecule has 33 heavy (non-hydrogen) atoms. The van der Waals surface area contributed by atoms with E-state index in [1.165, 1.54) is 49.6 Å². The standard InChI is InChI=1S/C28H33N3O2/c1-29-28(12-13-28)19-33-21-6-4-20(5-7-21)24-17-26(31-15-14-27(18-31)10-3-11-27)23-9-8-22(32-2)16-25(23)30-24/h4-9,16-17,29H,3,10-15,18-19H2,1-2H3. The lowest BCUT2D eigenvalue weighted by Gasteiger charge is -2.38. The third-order valence-corrected chi connectivity index (χ3v) is 8.24. The molecular formula is C28H33N3O2. The van der Waals surface area contributed by atoms with Crippen molar-refractivity contribution in [3.63, 3.8) is 0 Å². The molecule has 1 N–H and O–H groups in total. The molecule has 5 nitrogen and oxygen atoms in total. The fourth-order valence-electron chi connectivity index (χ4n) is 5.51. The van der Waals surface area contributed by atoms with Crippen LogP contribution in [0.3, 0.4) is 0 Å². The lowest BCUT2D eigenvalue weighted by atomic mass is 9.68. The Labute approximate surface area is 196 Å². The van der Waals surface area contributed by atoms with Gasteiger partial charge in [0.15, 0.2) is 0 Å². The number of nitrogens with zero attached hydrogens (tertiary/aromatic N) is 2. The largest absolute Gasteiger partial charge is 0.497 e. The van der Waals surface area contributed by atoms with Gasteiger partial charge in [-0.15, -0.1) is 0 Å². The van der Waals surface area contributed by atoms with Crippen LogP contribution in [0.5, 0.6) is 11.5 Å². The zero-order valence-corrected chi connectivity index (χ0v) is 19.7. The molecule has 5 heteroatoms. The van der Waals surface area contributed by atoms with Crippen LogP contribution in [0.1, 0.15) is 38.5 Å². The number of fused-ring (bicyclic) bond motifs is 1. The summed E-state index contributed by atoms with van der Waals surface area (Å²) in [5.41, 5.74) is 5.13. The Balaban J connectivity index is 1.32. The van der Waals surface area contributed by atoms with Crippen LogP contribution in [0.2, 0.25) is 0 Å². The Morgan fingerprint density at radius 1 is 0.970 bits per heavy atom. The molecule has 2 saturated carbocycles. The van der Waals surface area contributed by atoms with Crippen molar-refractivity contribution >= 4 is 16.6 Å². The monoisotopic (exact) mass is 443 g/mol. The van der Waals surface area contributed by atoms with Crippen molar-refractivity contribution < 1.29 is 9.47 Å². The Bertz CT molecular complexity index is 1170. The normalized spacial score (nSPS) is 20.1. The van der Waals surface area contributed by atoms with Gasteiger partial charge in [-0.1, -0.05) is 6.42 Å². The molecule has 1 aromatic heterocycles. The minimum atomic E-state index is 0.181. The smallest absolute Gasteiger partial charge is 0.121 e. The van der Waals surface area contributed by atoms with Gasteiger partial charge in [0, 0.05) is 35.8 Å². The number of ether oxygens (including phenoxy) is 2. The van der Waals surface area contributed by atoms with E-state index in [-0.39, 0.29) is 5.54 Å². The van der Waals surface area contributed by atoms with Crippen molar-refractivity contribution in [1.29, 1.82) is 0 Å². The van der Waals surface area contributed by atoms with Crippen molar-refractivity contribution in [2.75, 3.05) is 38.8 Å². The second-order valence-electron chi connectivity index (χ2n) is 10.3. The second kappa shape index (κ2) is 7.91. The van der Waals surface area contributed by atoms with Crippen LogP contribution in [-0.2, 0) is 0 Å². The Morgan fingerprint density at radius 2 is 1.76 bits per heavy atom. The summed E-state index contributed by atoms with van der Waals surface area (Å²) in [6, 6.07) is 16.9. The van der Waals surface area contributed by atoms with E-state index >= 15 is 0 Å². The molecule has 2 aliphatic carbocycles. The van der Waals surface area contributed by atoms with E-state index in [1.807, 2.05) is 13.1 Å². The predicted molar refractivity (Wildman–Crippen MR) is 133 cm³/mol. The lowest BCUT2D eigenvalue weighted by molar-refractivity contribution is 0.165. The maximum absolute atomic E-state index is 6.05. The summed E-state index contributed by atoms with van der Waals surface area (Å²) < 4.78 is 11.6. The topological polar surface area (TPSA) is 46.6 Å². The molecule has 2 aromatic carbocycles. The van der Waals surface area contributed by atoms with Crippen LogP contribution < -0.4 is 19.7 Å². The number of methoxy groups -OCH3 is 1. The maximum atomic E-state index is 6.05. The molecule has 0 amide bonds. The summed E-state index contributed by atoms with van der Waals surface area (Å²) in [6.07, 6.45) is 7.83. The number of hydrogen-bond donors (Lipinski definition) is 1. The molecule has 172 valence electrons. The van der Waals surface area contributed by atoms with E-state index in [1.54, 1.807) is 7.11 Å². The van der Waals surface area contributed by atoms with E-state index in [4.69, 9.17) is 14.5 Å². The lowest BCUT2D eigenvalue weighted by Crippen LogP contribution is -2.33. The van der Waals surface area contributed by atoms with Gasteiger partial charge in [-0.05, 0) is 87.0 Å². The molecule has 1 saturated heterocycles. The second-order valence-corrected chi connectivity index (χ2v) is 10.3. The van der Waals surface area contributed by atoms with Gasteiger partial charge in [0.05, 0.1) is 23.9 Å². The summed E-state index contributed by atoms with van der Waals surface area (Å²) in [5, 5.41) is 4.59. The molecular weight excluding hydrogens is 410 g/mol. The zero-order valence-electron chi connectivity index (χ0n) is 19.7. The van der Waals surface area contributed by atoms with Crippen LogP contribution in [-0.4, -0.2) is 44.4 Å². The van der Waals surface area contributed by atoms with Crippen molar-refractivity contribution in [2.45, 2.75) is 44.1 Å². The highest BCUT2D eigenvalue weighted by Gasteiger charge is 2.43. The number of likely N-dealkylation sites (N-methyl/N-ethyl adjacent to an activating group) is 1. The van der Waals surface area contributed by atoms with Crippen LogP contribution >= 0.6 is 0 Å². The first-order chi connectivity index (χ1) is 16.1. The molecule has 1 spiro atoms. The summed E-state index contributed by atoms with van der Waals surface area (Å²) in [6.45, 7) is 3.01. The minimum absolute atomic E-state index is 0.181. The summed E-state index contributed by atoms with van der Waals surface area (Å²) in [7, 11) is 3.73. The van der Waals surface area contributed by atoms with Gasteiger partial charge in [0.2, 0.25) is 0 Å². The van der Waals surface area contributed by atoms with Gasteiger partial charge in [0.25, 0.3) is 0 Å². The fourth-order valence-corrected chi connectivity index (χ4v) is 5.51. The van der Waals surface area contributed by atoms with Crippen molar-refractivity contribution in [3.05, 3.63) is 48.5 Å². The predicted octanol–water partition coefficient (Wildman–Crippen LogP) is 5.42. The highest BCUT2D eigenvalue weighted by molar-refractivity contribution is 5.95. The number of benzene rings is 2. The van der Waals surface area contributed by atoms with E-state index in [0.29, 0.717) is 5.41 Å². The number of nitrogens with one attached hydrogen (secondary N) is 1. The number of hydrogen-bond acceptors (Lipinski definition) is 5. The third kappa shape index (κ3) is 3.82. The Kier molecular flexibility index (Phi) is 4.98. The third-order valence-electron chi connectivity index (χ3n) is 8.24. The molecule has 2 heterocycles. The van der Waals surface area contributed by atoms with E-state index in [2.05, 4.69) is 52.7 Å². The fraction of sp³-hybridized carbons (Fsp3) is 0.464. The molecule has 0 atom stereocenters. The Hall–Kier alpha value is -2.79. The zero-order chi connectivity index (χ0) is 22.5. The number of aromatic nitrogens is 1. The molecule has 0 bridgehead atoms. The van der Waals surface area contributed by atoms with E-state index in [9.17, 15) is 0 Å². The first kappa shape index (κ1) is 20.8. The molecule has 0 radical (unpaired) electrons. The van der Waals surface area contributed by atoms with Gasteiger partial charge in [-0.2, -0.15) is 0 Å². The Morgan fingerprint density at radius 3 is 2.39 bits per heavy atom. The summed E-state index contributed by atoms with van der Waals surface area (Å²) in [4.78, 5) is 7.62. The molecule has 0 unspecified atom stereocenters. The molecule has 3 aliphatic rings. The van der Waals surface area contributed by atoms with E-state index < -0.39 is 0 Å². The minimum Gasteiger partial charge on any atom is -0.497 e. The molecule has 6 rings (SSSR count). The van der Waals surface area contributed by atoms with Gasteiger partial charge in [-0.25, -0.2) is 4.98 Å². The first-order valence-corrected chi connectivity index (χ1v) is 12.3. The summed E-state index contributed by atoms with van der Waals surface area (Å²) in [5.74, 6) is 1.76. The first-order valence-electron chi connectivity index (χ1n) is 12.3. The van der Waals surface area contributed by atoms with Crippen LogP contribution in [0.4, 0.5) is 5.69 Å². The quantitative estimate of drug-likeness (QED) is 0.528. The molecule has 3 aromatic rings. The van der Waals surface area contributed by atoms with Crippen molar-refractivity contribution in [2.24, 2.45) is 5.41 Å². The van der Waals surface area contributed by atoms with Crippen molar-refractivity contribution in [3.8, 4) is 22.8 Å². The highest BCUT2D eigenvalue weighted by atomic mass is 16.5. The number of rotatable bonds is 7. The number of anilines is 1. The SMILES string of the molecule is CNC1(COc2ccc(-c3cc(N4CCC5(CCC5)C4)c4ccc(OC)cc4n3)cc2)CC1. The van der Waals surface area contributed by atoms with Crippen LogP contribution in [0.25, 0.3) is 22.2 Å². The van der Waals surface area contributed by atoms with E-state index in [0.717, 1.165) is 48.0 Å². The average Bonchev–Trinajstić information content (AvgIpc) is 3.48.